The molecule has 5 rings (SSSR count). The van der Waals surface area contributed by atoms with E-state index in [0.29, 0.717) is 38.6 Å². The largest absolute Gasteiger partial charge is 0.329 e. The van der Waals surface area contributed by atoms with Gasteiger partial charge in [-0.25, -0.2) is 19.9 Å². The Hall–Kier alpha value is -2.56. The molecule has 5 aromatic rings. The van der Waals surface area contributed by atoms with Crippen LogP contribution >= 0.6 is 39.9 Å². The highest BCUT2D eigenvalue weighted by Crippen LogP contribution is 2.33. The molecule has 0 aliphatic heterocycles. The second-order valence-electron chi connectivity index (χ2n) is 5.98. The average molecular weight is 471 g/mol. The summed E-state index contributed by atoms with van der Waals surface area (Å²) in [5.74, 6) is 0.476. The second kappa shape index (κ2) is 6.80. The Balaban J connectivity index is 1.83. The molecule has 0 bridgehead atoms. The highest BCUT2D eigenvalue weighted by atomic mass is 79.9. The van der Waals surface area contributed by atoms with Crippen LogP contribution in [0.3, 0.4) is 0 Å². The third-order valence-electron chi connectivity index (χ3n) is 4.32. The zero-order chi connectivity index (χ0) is 19.3. The predicted molar refractivity (Wildman–Crippen MR) is 115 cm³/mol. The lowest BCUT2D eigenvalue weighted by atomic mass is 10.2. The van der Waals surface area contributed by atoms with Crippen molar-refractivity contribution in [1.82, 2.24) is 29.5 Å². The Morgan fingerprint density at radius 1 is 1.18 bits per heavy atom. The molecule has 0 saturated heterocycles. The van der Waals surface area contributed by atoms with E-state index >= 15 is 0 Å². The van der Waals surface area contributed by atoms with Crippen molar-refractivity contribution < 1.29 is 0 Å². The van der Waals surface area contributed by atoms with Crippen molar-refractivity contribution in [3.8, 4) is 5.69 Å². The van der Waals surface area contributed by atoms with Gasteiger partial charge in [0.1, 0.15) is 27.7 Å². The van der Waals surface area contributed by atoms with Crippen LogP contribution < -0.4 is 5.56 Å². The van der Waals surface area contributed by atoms with Gasteiger partial charge in [-0.2, -0.15) is 12.6 Å². The monoisotopic (exact) mass is 470 g/mol. The topological polar surface area (TPSA) is 89.3 Å². The molecule has 4 aromatic heterocycles. The van der Waals surface area contributed by atoms with E-state index in [9.17, 15) is 4.79 Å². The fraction of sp³-hybridized carbons (Fsp3) is 0.0556. The summed E-state index contributed by atoms with van der Waals surface area (Å²) in [7, 11) is 0. The molecule has 0 spiro atoms. The van der Waals surface area contributed by atoms with Crippen LogP contribution in [-0.2, 0) is 0 Å². The molecule has 4 heterocycles. The summed E-state index contributed by atoms with van der Waals surface area (Å²) < 4.78 is 2.43. The summed E-state index contributed by atoms with van der Waals surface area (Å²) in [5.41, 5.74) is 2.35. The summed E-state index contributed by atoms with van der Waals surface area (Å²) in [5, 5.41) is -0.0235. The number of thiol groups is 1. The fourth-order valence-corrected chi connectivity index (χ4v) is 4.89. The zero-order valence-corrected chi connectivity index (χ0v) is 17.4. The van der Waals surface area contributed by atoms with E-state index in [2.05, 4.69) is 35.9 Å². The summed E-state index contributed by atoms with van der Waals surface area (Å²) in [6.07, 6.45) is 3.00. The number of rotatable bonds is 3. The molecule has 7 nitrogen and oxygen atoms in total. The van der Waals surface area contributed by atoms with Crippen molar-refractivity contribution in [2.45, 2.75) is 5.25 Å². The molecular weight excluding hydrogens is 460 g/mol. The third kappa shape index (κ3) is 2.76. The quantitative estimate of drug-likeness (QED) is 0.390. The van der Waals surface area contributed by atoms with Crippen LogP contribution in [0.4, 0.5) is 0 Å². The number of imidazole rings is 1. The van der Waals surface area contributed by atoms with Crippen LogP contribution in [0.25, 0.3) is 27.1 Å². The molecule has 1 aromatic carbocycles. The molecule has 1 unspecified atom stereocenters. The van der Waals surface area contributed by atoms with Crippen LogP contribution in [0.15, 0.2) is 57.6 Å². The second-order valence-corrected chi connectivity index (χ2v) is 8.90. The molecule has 1 atom stereocenters. The summed E-state index contributed by atoms with van der Waals surface area (Å²) in [4.78, 5) is 34.6. The van der Waals surface area contributed by atoms with Gasteiger partial charge in [-0.15, -0.1) is 11.3 Å². The normalized spacial score (nSPS) is 12.6. The third-order valence-corrected chi connectivity index (χ3v) is 6.33. The van der Waals surface area contributed by atoms with Gasteiger partial charge in [0.2, 0.25) is 0 Å². The number of para-hydroxylation sites is 1. The van der Waals surface area contributed by atoms with Gasteiger partial charge in [0.25, 0.3) is 5.56 Å². The van der Waals surface area contributed by atoms with E-state index in [4.69, 9.17) is 17.6 Å². The number of thiophene rings is 1. The Bertz CT molecular complexity index is 1380. The first kappa shape index (κ1) is 17.5. The number of nitrogens with zero attached hydrogens (tertiary/aromatic N) is 5. The Morgan fingerprint density at radius 3 is 2.82 bits per heavy atom. The standard InChI is InChI=1S/C18H11BrN6OS2/c19-11-6-10-17(28-11)24-16(25(18(10)26)9-4-2-1-3-5-9)14(27)12-13-15(22-7-20-12)23-8-21-13/h1-8,14,27H,(H,20,21,22,23). The first-order valence-electron chi connectivity index (χ1n) is 8.23. The zero-order valence-electron chi connectivity index (χ0n) is 14.1. The molecule has 0 fully saturated rings. The maximum Gasteiger partial charge on any atom is 0.266 e. The molecule has 0 aliphatic rings. The maximum absolute atomic E-state index is 13.3. The smallest absolute Gasteiger partial charge is 0.266 e. The van der Waals surface area contributed by atoms with Gasteiger partial charge in [0, 0.05) is 0 Å². The van der Waals surface area contributed by atoms with Gasteiger partial charge < -0.3 is 4.98 Å². The maximum atomic E-state index is 13.3. The van der Waals surface area contributed by atoms with Crippen LogP contribution in [0.5, 0.6) is 0 Å². The number of halogens is 1. The van der Waals surface area contributed by atoms with E-state index in [0.717, 1.165) is 3.79 Å². The van der Waals surface area contributed by atoms with E-state index in [1.165, 1.54) is 17.7 Å². The number of hydrogen-bond donors (Lipinski definition) is 2. The first-order valence-corrected chi connectivity index (χ1v) is 10.4. The van der Waals surface area contributed by atoms with E-state index in [1.54, 1.807) is 17.0 Å². The van der Waals surface area contributed by atoms with Gasteiger partial charge in [0.15, 0.2) is 5.65 Å². The van der Waals surface area contributed by atoms with Crippen molar-refractivity contribution >= 4 is 61.3 Å². The van der Waals surface area contributed by atoms with Crippen molar-refractivity contribution in [1.29, 1.82) is 0 Å². The molecule has 0 amide bonds. The molecule has 28 heavy (non-hydrogen) atoms. The number of hydrogen-bond acceptors (Lipinski definition) is 7. The number of fused-ring (bicyclic) bond motifs is 2. The number of aromatic nitrogens is 6. The van der Waals surface area contributed by atoms with Gasteiger partial charge in [-0.3, -0.25) is 9.36 Å². The fourth-order valence-electron chi connectivity index (χ4n) is 3.08. The Morgan fingerprint density at radius 2 is 2.00 bits per heavy atom. The number of H-pyrrole nitrogens is 1. The van der Waals surface area contributed by atoms with Crippen LogP contribution in [0.1, 0.15) is 16.8 Å². The van der Waals surface area contributed by atoms with Crippen LogP contribution in [0.2, 0.25) is 0 Å². The van der Waals surface area contributed by atoms with Gasteiger partial charge >= 0.3 is 0 Å². The SMILES string of the molecule is O=c1c2cc(Br)sc2nc(C(S)c2ncnc3[nH]cnc23)n1-c1ccccc1. The van der Waals surface area contributed by atoms with Gasteiger partial charge in [-0.1, -0.05) is 18.2 Å². The van der Waals surface area contributed by atoms with Crippen LogP contribution in [-0.4, -0.2) is 29.5 Å². The molecule has 0 radical (unpaired) electrons. The molecule has 1 N–H and O–H groups in total. The van der Waals surface area contributed by atoms with Gasteiger partial charge in [-0.05, 0) is 34.1 Å². The summed E-state index contributed by atoms with van der Waals surface area (Å²) in [6, 6.07) is 11.2. The molecule has 138 valence electrons. The van der Waals surface area contributed by atoms with E-state index in [-0.39, 0.29) is 5.56 Å². The van der Waals surface area contributed by atoms with Crippen molar-refractivity contribution in [3.63, 3.8) is 0 Å². The number of benzene rings is 1. The minimum Gasteiger partial charge on any atom is -0.329 e. The number of nitrogens with one attached hydrogen (secondary N) is 1. The number of aromatic amines is 1. The molecular formula is C18H11BrN6OS2. The highest BCUT2D eigenvalue weighted by molar-refractivity contribution is 9.11. The minimum atomic E-state index is -0.577. The molecule has 10 heteroatoms. The van der Waals surface area contributed by atoms with Crippen molar-refractivity contribution in [2.75, 3.05) is 0 Å². The van der Waals surface area contributed by atoms with Crippen LogP contribution in [0, 0.1) is 0 Å². The molecule has 0 saturated carbocycles. The highest BCUT2D eigenvalue weighted by Gasteiger charge is 2.24. The Kier molecular flexibility index (Phi) is 4.26. The Labute approximate surface area is 176 Å². The van der Waals surface area contributed by atoms with Crippen molar-refractivity contribution in [3.05, 3.63) is 74.7 Å². The minimum absolute atomic E-state index is 0.153. The summed E-state index contributed by atoms with van der Waals surface area (Å²) >= 11 is 9.64. The molecule has 0 aliphatic carbocycles. The average Bonchev–Trinajstić information content (AvgIpc) is 3.33. The van der Waals surface area contributed by atoms with E-state index < -0.39 is 5.25 Å². The first-order chi connectivity index (χ1) is 13.6. The summed E-state index contributed by atoms with van der Waals surface area (Å²) in [6.45, 7) is 0. The lowest BCUT2D eigenvalue weighted by Gasteiger charge is -2.17. The lowest BCUT2D eigenvalue weighted by Crippen LogP contribution is -2.24. The van der Waals surface area contributed by atoms with Crippen molar-refractivity contribution in [2.24, 2.45) is 0 Å². The lowest BCUT2D eigenvalue weighted by molar-refractivity contribution is 0.831. The van der Waals surface area contributed by atoms with Gasteiger partial charge in [0.05, 0.1) is 26.9 Å². The van der Waals surface area contributed by atoms with E-state index in [1.807, 2.05) is 30.3 Å². The predicted octanol–water partition coefficient (Wildman–Crippen LogP) is 3.90.